The van der Waals surface area contributed by atoms with E-state index in [4.69, 9.17) is 5.11 Å². The number of anilines is 1. The van der Waals surface area contributed by atoms with Gasteiger partial charge in [0.25, 0.3) is 0 Å². The fraction of sp³-hybridized carbons (Fsp3) is 0.538. The molecule has 1 fully saturated rings. The van der Waals surface area contributed by atoms with E-state index in [1.54, 1.807) is 25.4 Å². The molecule has 2 atom stereocenters. The van der Waals surface area contributed by atoms with Crippen molar-refractivity contribution in [2.75, 3.05) is 11.4 Å². The van der Waals surface area contributed by atoms with Crippen molar-refractivity contribution in [1.82, 2.24) is 15.3 Å². The van der Waals surface area contributed by atoms with Crippen molar-refractivity contribution < 1.29 is 14.7 Å². The Morgan fingerprint density at radius 2 is 2.20 bits per heavy atom. The van der Waals surface area contributed by atoms with Gasteiger partial charge in [-0.1, -0.05) is 6.92 Å². The van der Waals surface area contributed by atoms with Gasteiger partial charge in [0.15, 0.2) is 0 Å². The Bertz CT molecular complexity index is 480. The van der Waals surface area contributed by atoms with E-state index >= 15 is 0 Å². The molecule has 1 aliphatic heterocycles. The Kier molecular flexibility index (Phi) is 4.49. The molecule has 7 nitrogen and oxygen atoms in total. The molecule has 108 valence electrons. The molecule has 2 rings (SSSR count). The van der Waals surface area contributed by atoms with Crippen LogP contribution in [0.25, 0.3) is 0 Å². The molecule has 20 heavy (non-hydrogen) atoms. The zero-order valence-electron chi connectivity index (χ0n) is 11.3. The Morgan fingerprint density at radius 3 is 2.80 bits per heavy atom. The van der Waals surface area contributed by atoms with Crippen LogP contribution in [0, 0.1) is 0 Å². The number of carbonyl (C=O) groups excluding carboxylic acids is 1. The van der Waals surface area contributed by atoms with E-state index in [0.717, 1.165) is 6.42 Å². The minimum Gasteiger partial charge on any atom is -0.480 e. The molecule has 1 amide bonds. The lowest BCUT2D eigenvalue weighted by molar-refractivity contribution is -0.142. The van der Waals surface area contributed by atoms with Crippen LogP contribution in [0.2, 0.25) is 0 Å². The number of aliphatic carboxylic acids is 1. The number of aromatic nitrogens is 2. The molecule has 2 N–H and O–H groups in total. The summed E-state index contributed by atoms with van der Waals surface area (Å²) in [6.07, 6.45) is 5.15. The highest BCUT2D eigenvalue weighted by Crippen LogP contribution is 2.22. The molecule has 1 aliphatic rings. The number of amides is 1. The van der Waals surface area contributed by atoms with E-state index < -0.39 is 18.1 Å². The molecule has 0 aliphatic carbocycles. The van der Waals surface area contributed by atoms with Gasteiger partial charge in [0.2, 0.25) is 11.9 Å². The number of nitrogens with one attached hydrogen (secondary N) is 1. The lowest BCUT2D eigenvalue weighted by atomic mass is 10.1. The number of hydrogen-bond donors (Lipinski definition) is 2. The number of carboxylic acid groups (broad SMARTS) is 1. The molecular weight excluding hydrogens is 260 g/mol. The van der Waals surface area contributed by atoms with E-state index in [1.807, 2.05) is 4.90 Å². The largest absolute Gasteiger partial charge is 0.480 e. The molecule has 1 unspecified atom stereocenters. The number of carboxylic acids is 1. The average molecular weight is 278 g/mol. The third-order valence-corrected chi connectivity index (χ3v) is 3.39. The van der Waals surface area contributed by atoms with Crippen LogP contribution in [0.4, 0.5) is 5.95 Å². The van der Waals surface area contributed by atoms with Crippen LogP contribution in [0.15, 0.2) is 18.5 Å². The maximum Gasteiger partial charge on any atom is 0.326 e. The predicted molar refractivity (Wildman–Crippen MR) is 72.3 cm³/mol. The van der Waals surface area contributed by atoms with Crippen molar-refractivity contribution in [2.24, 2.45) is 0 Å². The standard InChI is InChI=1S/C13H18N4O3/c1-2-9(12(19)20)16-11(18)10-5-3-8-17(10)13-14-6-4-7-15-13/h4,6-7,9-10H,2-3,5,8H2,1H3,(H,16,18)(H,19,20)/t9-,10?/m1/s1. The van der Waals surface area contributed by atoms with Crippen molar-refractivity contribution in [2.45, 2.75) is 38.3 Å². The zero-order chi connectivity index (χ0) is 14.5. The minimum absolute atomic E-state index is 0.274. The average Bonchev–Trinajstić information content (AvgIpc) is 2.94. The maximum atomic E-state index is 12.2. The first kappa shape index (κ1) is 14.2. The molecular formula is C13H18N4O3. The second kappa shape index (κ2) is 6.31. The molecule has 2 heterocycles. The van der Waals surface area contributed by atoms with Gasteiger partial charge in [-0.2, -0.15) is 0 Å². The van der Waals surface area contributed by atoms with Crippen LogP contribution in [0.3, 0.4) is 0 Å². The van der Waals surface area contributed by atoms with Gasteiger partial charge in [-0.25, -0.2) is 14.8 Å². The van der Waals surface area contributed by atoms with Gasteiger partial charge in [-0.15, -0.1) is 0 Å². The van der Waals surface area contributed by atoms with Crippen LogP contribution < -0.4 is 10.2 Å². The van der Waals surface area contributed by atoms with Crippen LogP contribution in [-0.4, -0.2) is 45.6 Å². The van der Waals surface area contributed by atoms with Crippen LogP contribution in [0.5, 0.6) is 0 Å². The third-order valence-electron chi connectivity index (χ3n) is 3.39. The lowest BCUT2D eigenvalue weighted by Crippen LogP contribution is -2.49. The Morgan fingerprint density at radius 1 is 1.50 bits per heavy atom. The third kappa shape index (κ3) is 3.04. The van der Waals surface area contributed by atoms with Crippen molar-refractivity contribution in [3.63, 3.8) is 0 Å². The summed E-state index contributed by atoms with van der Waals surface area (Å²) < 4.78 is 0. The van der Waals surface area contributed by atoms with E-state index in [-0.39, 0.29) is 5.91 Å². The van der Waals surface area contributed by atoms with Crippen LogP contribution in [0.1, 0.15) is 26.2 Å². The first-order chi connectivity index (χ1) is 9.63. The summed E-state index contributed by atoms with van der Waals surface area (Å²) in [6, 6.07) is 0.471. The summed E-state index contributed by atoms with van der Waals surface area (Å²) >= 11 is 0. The summed E-state index contributed by atoms with van der Waals surface area (Å²) in [5, 5.41) is 11.6. The quantitative estimate of drug-likeness (QED) is 0.810. The van der Waals surface area contributed by atoms with Crippen LogP contribution >= 0.6 is 0 Å². The first-order valence-electron chi connectivity index (χ1n) is 6.70. The van der Waals surface area contributed by atoms with Gasteiger partial charge in [0.05, 0.1) is 0 Å². The summed E-state index contributed by atoms with van der Waals surface area (Å²) in [7, 11) is 0. The van der Waals surface area contributed by atoms with E-state index in [9.17, 15) is 9.59 Å². The first-order valence-corrected chi connectivity index (χ1v) is 6.70. The molecule has 1 aromatic heterocycles. The number of rotatable bonds is 5. The molecule has 7 heteroatoms. The van der Waals surface area contributed by atoms with Crippen molar-refractivity contribution in [1.29, 1.82) is 0 Å². The molecule has 0 radical (unpaired) electrons. The highest BCUT2D eigenvalue weighted by molar-refractivity contribution is 5.89. The number of hydrogen-bond acceptors (Lipinski definition) is 5. The van der Waals surface area contributed by atoms with Crippen molar-refractivity contribution >= 4 is 17.8 Å². The number of carbonyl (C=O) groups is 2. The summed E-state index contributed by atoms with van der Waals surface area (Å²) in [4.78, 5) is 33.3. The molecule has 1 saturated heterocycles. The maximum absolute atomic E-state index is 12.2. The van der Waals surface area contributed by atoms with Gasteiger partial charge in [-0.3, -0.25) is 4.79 Å². The summed E-state index contributed by atoms with van der Waals surface area (Å²) in [5.41, 5.74) is 0. The summed E-state index contributed by atoms with van der Waals surface area (Å²) in [6.45, 7) is 2.43. The minimum atomic E-state index is -1.01. The van der Waals surface area contributed by atoms with E-state index in [2.05, 4.69) is 15.3 Å². The highest BCUT2D eigenvalue weighted by atomic mass is 16.4. The van der Waals surface area contributed by atoms with Crippen molar-refractivity contribution in [3.8, 4) is 0 Å². The smallest absolute Gasteiger partial charge is 0.326 e. The topological polar surface area (TPSA) is 95.4 Å². The number of nitrogens with zero attached hydrogens (tertiary/aromatic N) is 3. The molecule has 1 aromatic rings. The normalized spacial score (nSPS) is 19.6. The fourth-order valence-corrected chi connectivity index (χ4v) is 2.32. The predicted octanol–water partition coefficient (Wildman–Crippen LogP) is 0.425. The van der Waals surface area contributed by atoms with E-state index in [0.29, 0.717) is 25.3 Å². The molecule has 0 aromatic carbocycles. The van der Waals surface area contributed by atoms with Gasteiger partial charge in [0.1, 0.15) is 12.1 Å². The monoisotopic (exact) mass is 278 g/mol. The van der Waals surface area contributed by atoms with Crippen molar-refractivity contribution in [3.05, 3.63) is 18.5 Å². The van der Waals surface area contributed by atoms with Gasteiger partial charge < -0.3 is 15.3 Å². The van der Waals surface area contributed by atoms with E-state index in [1.165, 1.54) is 0 Å². The molecule has 0 saturated carbocycles. The lowest BCUT2D eigenvalue weighted by Gasteiger charge is -2.24. The SMILES string of the molecule is CC[C@@H](NC(=O)C1CCCN1c1ncccn1)C(=O)O. The fourth-order valence-electron chi connectivity index (χ4n) is 2.32. The van der Waals surface area contributed by atoms with Gasteiger partial charge in [0, 0.05) is 18.9 Å². The van der Waals surface area contributed by atoms with Gasteiger partial charge >= 0.3 is 5.97 Å². The Labute approximate surface area is 117 Å². The molecule has 0 spiro atoms. The second-order valence-electron chi connectivity index (χ2n) is 4.71. The Balaban J connectivity index is 2.07. The molecule has 0 bridgehead atoms. The van der Waals surface area contributed by atoms with Crippen LogP contribution in [-0.2, 0) is 9.59 Å². The highest BCUT2D eigenvalue weighted by Gasteiger charge is 2.33. The summed E-state index contributed by atoms with van der Waals surface area (Å²) in [5.74, 6) is -0.779. The second-order valence-corrected chi connectivity index (χ2v) is 4.71. The van der Waals surface area contributed by atoms with Gasteiger partial charge in [-0.05, 0) is 25.3 Å². The zero-order valence-corrected chi connectivity index (χ0v) is 11.3. The Hall–Kier alpha value is -2.18.